The molecule has 1 aliphatic carbocycles. The van der Waals surface area contributed by atoms with Crippen LogP contribution >= 0.6 is 0 Å². The highest BCUT2D eigenvalue weighted by Crippen LogP contribution is 2.45. The van der Waals surface area contributed by atoms with Gasteiger partial charge in [0, 0.05) is 18.5 Å². The van der Waals surface area contributed by atoms with Crippen LogP contribution in [0.3, 0.4) is 0 Å². The smallest absolute Gasteiger partial charge is 0.110 e. The van der Waals surface area contributed by atoms with Gasteiger partial charge in [-0.2, -0.15) is 0 Å². The molecule has 14 heavy (non-hydrogen) atoms. The first-order chi connectivity index (χ1) is 6.54. The summed E-state index contributed by atoms with van der Waals surface area (Å²) >= 11 is 0. The highest BCUT2D eigenvalue weighted by Gasteiger charge is 2.42. The Morgan fingerprint density at radius 2 is 2.00 bits per heavy atom. The predicted molar refractivity (Wildman–Crippen MR) is 56.2 cm³/mol. The number of nitrogens with one attached hydrogen (secondary N) is 1. The van der Waals surface area contributed by atoms with Crippen molar-refractivity contribution in [3.05, 3.63) is 0 Å². The lowest BCUT2D eigenvalue weighted by atomic mass is 10.1. The third-order valence-corrected chi connectivity index (χ3v) is 2.61. The SMILES string of the molecule is CC(F)CNCC1(COC(C)C)CC1. The van der Waals surface area contributed by atoms with E-state index in [1.54, 1.807) is 6.92 Å². The van der Waals surface area contributed by atoms with E-state index in [0.29, 0.717) is 18.1 Å². The second kappa shape index (κ2) is 5.08. The molecule has 2 nitrogen and oxygen atoms in total. The summed E-state index contributed by atoms with van der Waals surface area (Å²) in [5, 5.41) is 3.16. The molecule has 0 radical (unpaired) electrons. The molecule has 1 aliphatic rings. The van der Waals surface area contributed by atoms with E-state index in [2.05, 4.69) is 5.32 Å². The van der Waals surface area contributed by atoms with Crippen molar-refractivity contribution in [2.24, 2.45) is 5.41 Å². The van der Waals surface area contributed by atoms with E-state index < -0.39 is 6.17 Å². The van der Waals surface area contributed by atoms with Crippen molar-refractivity contribution in [3.8, 4) is 0 Å². The van der Waals surface area contributed by atoms with Gasteiger partial charge in [-0.15, -0.1) is 0 Å². The average molecular weight is 203 g/mol. The maximum Gasteiger partial charge on any atom is 0.110 e. The maximum atomic E-state index is 12.5. The first-order valence-corrected chi connectivity index (χ1v) is 5.50. The number of halogens is 1. The largest absolute Gasteiger partial charge is 0.378 e. The minimum absolute atomic E-state index is 0.299. The van der Waals surface area contributed by atoms with Crippen LogP contribution in [0.4, 0.5) is 4.39 Å². The Morgan fingerprint density at radius 1 is 1.36 bits per heavy atom. The van der Waals surface area contributed by atoms with Gasteiger partial charge >= 0.3 is 0 Å². The van der Waals surface area contributed by atoms with E-state index in [1.165, 1.54) is 12.8 Å². The molecular weight excluding hydrogens is 181 g/mol. The molecule has 0 aromatic carbocycles. The molecule has 0 amide bonds. The van der Waals surface area contributed by atoms with Gasteiger partial charge in [0.15, 0.2) is 0 Å². The van der Waals surface area contributed by atoms with Gasteiger partial charge in [-0.3, -0.25) is 0 Å². The van der Waals surface area contributed by atoms with Gasteiger partial charge < -0.3 is 10.1 Å². The molecule has 0 saturated heterocycles. The Balaban J connectivity index is 2.09. The molecule has 0 aromatic heterocycles. The summed E-state index contributed by atoms with van der Waals surface area (Å²) in [7, 11) is 0. The van der Waals surface area contributed by atoms with Crippen LogP contribution < -0.4 is 5.32 Å². The first kappa shape index (κ1) is 11.9. The van der Waals surface area contributed by atoms with Crippen molar-refractivity contribution in [2.75, 3.05) is 19.7 Å². The molecular formula is C11H22FNO. The normalized spacial score (nSPS) is 21.2. The zero-order valence-electron chi connectivity index (χ0n) is 9.48. The van der Waals surface area contributed by atoms with Crippen LogP contribution in [0.2, 0.25) is 0 Å². The van der Waals surface area contributed by atoms with Crippen LogP contribution in [0.5, 0.6) is 0 Å². The molecule has 0 bridgehead atoms. The van der Waals surface area contributed by atoms with E-state index in [1.807, 2.05) is 13.8 Å². The van der Waals surface area contributed by atoms with Crippen LogP contribution in [0, 0.1) is 5.41 Å². The van der Waals surface area contributed by atoms with Crippen molar-refractivity contribution in [1.82, 2.24) is 5.32 Å². The lowest BCUT2D eigenvalue weighted by molar-refractivity contribution is 0.0431. The highest BCUT2D eigenvalue weighted by molar-refractivity contribution is 4.95. The molecule has 84 valence electrons. The molecule has 1 atom stereocenters. The molecule has 0 aliphatic heterocycles. The van der Waals surface area contributed by atoms with Crippen molar-refractivity contribution < 1.29 is 9.13 Å². The van der Waals surface area contributed by atoms with E-state index in [9.17, 15) is 4.39 Å². The second-order valence-electron chi connectivity index (χ2n) is 4.77. The van der Waals surface area contributed by atoms with E-state index in [0.717, 1.165) is 13.2 Å². The Bertz CT molecular complexity index is 167. The summed E-state index contributed by atoms with van der Waals surface area (Å²) in [6.07, 6.45) is 1.98. The van der Waals surface area contributed by atoms with Gasteiger partial charge in [-0.25, -0.2) is 4.39 Å². The number of rotatable bonds is 7. The minimum atomic E-state index is -0.753. The zero-order valence-corrected chi connectivity index (χ0v) is 9.48. The fourth-order valence-electron chi connectivity index (χ4n) is 1.43. The van der Waals surface area contributed by atoms with Gasteiger partial charge in [0.25, 0.3) is 0 Å². The third kappa shape index (κ3) is 4.38. The molecule has 1 rings (SSSR count). The predicted octanol–water partition coefficient (Wildman–Crippen LogP) is 2.14. The van der Waals surface area contributed by atoms with Gasteiger partial charge in [0.05, 0.1) is 12.7 Å². The summed E-state index contributed by atoms with van der Waals surface area (Å²) in [5.41, 5.74) is 0.319. The standard InChI is InChI=1S/C11H22FNO/c1-9(2)14-8-11(4-5-11)7-13-6-10(3)12/h9-10,13H,4-8H2,1-3H3. The fraction of sp³-hybridized carbons (Fsp3) is 1.00. The van der Waals surface area contributed by atoms with Crippen molar-refractivity contribution in [2.45, 2.75) is 45.9 Å². The number of hydrogen-bond acceptors (Lipinski definition) is 2. The van der Waals surface area contributed by atoms with Crippen molar-refractivity contribution in [3.63, 3.8) is 0 Å². The molecule has 0 aromatic rings. The molecule has 0 spiro atoms. The molecule has 1 saturated carbocycles. The summed E-state index contributed by atoms with van der Waals surface area (Å²) in [6, 6.07) is 0. The monoisotopic (exact) mass is 203 g/mol. The molecule has 1 N–H and O–H groups in total. The Hall–Kier alpha value is -0.150. The Labute approximate surface area is 86.2 Å². The molecule has 1 unspecified atom stereocenters. The first-order valence-electron chi connectivity index (χ1n) is 5.50. The van der Waals surface area contributed by atoms with Gasteiger partial charge in [0.1, 0.15) is 6.17 Å². The van der Waals surface area contributed by atoms with E-state index >= 15 is 0 Å². The van der Waals surface area contributed by atoms with Gasteiger partial charge in [-0.1, -0.05) is 0 Å². The van der Waals surface area contributed by atoms with Crippen molar-refractivity contribution >= 4 is 0 Å². The Morgan fingerprint density at radius 3 is 2.43 bits per heavy atom. The van der Waals surface area contributed by atoms with Crippen LogP contribution in [-0.2, 0) is 4.74 Å². The third-order valence-electron chi connectivity index (χ3n) is 2.61. The van der Waals surface area contributed by atoms with Crippen molar-refractivity contribution in [1.29, 1.82) is 0 Å². The summed E-state index contributed by atoms with van der Waals surface area (Å²) in [5.74, 6) is 0. The minimum Gasteiger partial charge on any atom is -0.378 e. The number of alkyl halides is 1. The second-order valence-corrected chi connectivity index (χ2v) is 4.77. The topological polar surface area (TPSA) is 21.3 Å². The van der Waals surface area contributed by atoms with E-state index in [4.69, 9.17) is 4.74 Å². The zero-order chi connectivity index (χ0) is 10.6. The van der Waals surface area contributed by atoms with Crippen LogP contribution in [0.1, 0.15) is 33.6 Å². The molecule has 0 heterocycles. The van der Waals surface area contributed by atoms with Crippen LogP contribution in [0.15, 0.2) is 0 Å². The summed E-state index contributed by atoms with van der Waals surface area (Å²) in [6.45, 7) is 7.85. The number of ether oxygens (including phenoxy) is 1. The molecule has 1 fully saturated rings. The van der Waals surface area contributed by atoms with Gasteiger partial charge in [-0.05, 0) is 33.6 Å². The number of hydrogen-bond donors (Lipinski definition) is 1. The lowest BCUT2D eigenvalue weighted by Gasteiger charge is -2.18. The highest BCUT2D eigenvalue weighted by atomic mass is 19.1. The summed E-state index contributed by atoms with van der Waals surface area (Å²) in [4.78, 5) is 0. The van der Waals surface area contributed by atoms with Crippen LogP contribution in [0.25, 0.3) is 0 Å². The molecule has 3 heteroatoms. The van der Waals surface area contributed by atoms with Crippen LogP contribution in [-0.4, -0.2) is 32.0 Å². The summed E-state index contributed by atoms with van der Waals surface area (Å²) < 4.78 is 18.1. The quantitative estimate of drug-likeness (QED) is 0.684. The average Bonchev–Trinajstić information content (AvgIpc) is 2.82. The Kier molecular flexibility index (Phi) is 4.32. The van der Waals surface area contributed by atoms with Gasteiger partial charge in [0.2, 0.25) is 0 Å². The lowest BCUT2D eigenvalue weighted by Crippen LogP contribution is -2.31. The maximum absolute atomic E-state index is 12.5. The fourth-order valence-corrected chi connectivity index (χ4v) is 1.43. The van der Waals surface area contributed by atoms with E-state index in [-0.39, 0.29) is 0 Å².